The van der Waals surface area contributed by atoms with E-state index in [0.29, 0.717) is 5.57 Å². The monoisotopic (exact) mass is 348 g/mol. The van der Waals surface area contributed by atoms with Crippen molar-refractivity contribution in [2.24, 2.45) is 11.8 Å². The summed E-state index contributed by atoms with van der Waals surface area (Å²) in [5, 5.41) is 10.6. The Morgan fingerprint density at radius 2 is 2.08 bits per heavy atom. The Morgan fingerprint density at radius 1 is 1.44 bits per heavy atom. The highest BCUT2D eigenvalue weighted by molar-refractivity contribution is 6.03. The second-order valence-corrected chi connectivity index (χ2v) is 7.16. The maximum Gasteiger partial charge on any atom is 0.334 e. The molecule has 0 amide bonds. The second kappa shape index (κ2) is 6.96. The van der Waals surface area contributed by atoms with E-state index in [2.05, 4.69) is 6.58 Å². The highest BCUT2D eigenvalue weighted by Gasteiger charge is 2.46. The third-order valence-electron chi connectivity index (χ3n) is 4.41. The van der Waals surface area contributed by atoms with Gasteiger partial charge in [0.15, 0.2) is 5.78 Å². The van der Waals surface area contributed by atoms with Crippen LogP contribution in [0.25, 0.3) is 0 Å². The van der Waals surface area contributed by atoms with Crippen molar-refractivity contribution in [3.63, 3.8) is 0 Å². The second-order valence-electron chi connectivity index (χ2n) is 7.16. The Kier molecular flexibility index (Phi) is 5.32. The summed E-state index contributed by atoms with van der Waals surface area (Å²) in [5.41, 5.74) is -0.852. The van der Waals surface area contributed by atoms with Crippen LogP contribution in [0.2, 0.25) is 0 Å². The van der Waals surface area contributed by atoms with Gasteiger partial charge in [-0.25, -0.2) is 4.79 Å². The number of esters is 2. The van der Waals surface area contributed by atoms with Crippen molar-refractivity contribution in [1.82, 2.24) is 0 Å². The lowest BCUT2D eigenvalue weighted by atomic mass is 9.82. The highest BCUT2D eigenvalue weighted by Crippen LogP contribution is 2.37. The fourth-order valence-electron chi connectivity index (χ4n) is 2.90. The van der Waals surface area contributed by atoms with Gasteiger partial charge in [-0.15, -0.1) is 0 Å². The molecule has 1 aliphatic heterocycles. The molecule has 0 unspecified atom stereocenters. The summed E-state index contributed by atoms with van der Waals surface area (Å²) in [5.74, 6) is -2.34. The minimum absolute atomic E-state index is 0.0129. The number of aliphatic hydroxyl groups is 1. The zero-order valence-electron chi connectivity index (χ0n) is 14.9. The van der Waals surface area contributed by atoms with Crippen LogP contribution in [0.3, 0.4) is 0 Å². The van der Waals surface area contributed by atoms with Gasteiger partial charge in [-0.1, -0.05) is 20.4 Å². The Labute approximate surface area is 147 Å². The summed E-state index contributed by atoms with van der Waals surface area (Å²) < 4.78 is 10.9. The van der Waals surface area contributed by atoms with Crippen LogP contribution < -0.4 is 0 Å². The van der Waals surface area contributed by atoms with Crippen molar-refractivity contribution >= 4 is 17.7 Å². The quantitative estimate of drug-likeness (QED) is 0.605. The van der Waals surface area contributed by atoms with Crippen LogP contribution in [-0.2, 0) is 23.9 Å². The molecule has 1 saturated heterocycles. The summed E-state index contributed by atoms with van der Waals surface area (Å²) in [6, 6.07) is 0. The van der Waals surface area contributed by atoms with Gasteiger partial charge in [0.05, 0.1) is 17.4 Å². The Morgan fingerprint density at radius 3 is 2.68 bits per heavy atom. The average Bonchev–Trinajstić information content (AvgIpc) is 2.77. The lowest BCUT2D eigenvalue weighted by Crippen LogP contribution is -2.40. The van der Waals surface area contributed by atoms with Crippen LogP contribution in [-0.4, -0.2) is 40.6 Å². The number of ketones is 1. The third-order valence-corrected chi connectivity index (χ3v) is 4.41. The van der Waals surface area contributed by atoms with Gasteiger partial charge in [-0.05, 0) is 37.6 Å². The minimum Gasteiger partial charge on any atom is -0.461 e. The van der Waals surface area contributed by atoms with Gasteiger partial charge in [0.1, 0.15) is 12.2 Å². The van der Waals surface area contributed by atoms with E-state index in [1.807, 2.05) is 0 Å². The average molecular weight is 348 g/mol. The zero-order chi connectivity index (χ0) is 18.9. The number of rotatable bonds is 2. The molecule has 1 heterocycles. The Bertz CT molecular complexity index is 667. The van der Waals surface area contributed by atoms with Crippen molar-refractivity contribution in [3.05, 3.63) is 36.0 Å². The fraction of sp³-hybridized carbons (Fsp3) is 0.526. The summed E-state index contributed by atoms with van der Waals surface area (Å²) in [6.45, 7) is 10.3. The lowest BCUT2D eigenvalue weighted by Gasteiger charge is -2.32. The van der Waals surface area contributed by atoms with E-state index in [-0.39, 0.29) is 23.7 Å². The fourth-order valence-corrected chi connectivity index (χ4v) is 2.90. The predicted octanol–water partition coefficient (Wildman–Crippen LogP) is 1.88. The maximum atomic E-state index is 12.1. The molecule has 25 heavy (non-hydrogen) atoms. The number of fused-ring (bicyclic) bond motifs is 1. The lowest BCUT2D eigenvalue weighted by molar-refractivity contribution is -0.158. The number of carbonyl (C=O) groups excluding carboxylic acids is 3. The number of ether oxygens (including phenoxy) is 2. The van der Waals surface area contributed by atoms with E-state index in [1.54, 1.807) is 26.8 Å². The molecule has 0 aromatic rings. The molecule has 0 spiro atoms. The van der Waals surface area contributed by atoms with Crippen molar-refractivity contribution in [2.45, 2.75) is 51.9 Å². The smallest absolute Gasteiger partial charge is 0.334 e. The molecule has 0 saturated carbocycles. The zero-order valence-corrected chi connectivity index (χ0v) is 14.9. The SMILES string of the molecule is C=C1C(=O)O[C@@H]2/C=C(\C)C(=O)/C=C\[C@](C)(O)C[C@@H](OC(=O)C(C)C)[C@@H]12. The number of hydrogen-bond donors (Lipinski definition) is 1. The van der Waals surface area contributed by atoms with Crippen LogP contribution in [0.5, 0.6) is 0 Å². The van der Waals surface area contributed by atoms with E-state index in [9.17, 15) is 19.5 Å². The molecule has 6 nitrogen and oxygen atoms in total. The number of carbonyl (C=O) groups is 3. The molecule has 1 N–H and O–H groups in total. The van der Waals surface area contributed by atoms with Crippen LogP contribution in [0.1, 0.15) is 34.1 Å². The molecule has 136 valence electrons. The topological polar surface area (TPSA) is 89.9 Å². The first-order valence-electron chi connectivity index (χ1n) is 8.26. The van der Waals surface area contributed by atoms with Gasteiger partial charge in [-0.2, -0.15) is 0 Å². The summed E-state index contributed by atoms with van der Waals surface area (Å²) >= 11 is 0. The van der Waals surface area contributed by atoms with Gasteiger partial charge < -0.3 is 14.6 Å². The summed E-state index contributed by atoms with van der Waals surface area (Å²) in [7, 11) is 0. The van der Waals surface area contributed by atoms with Crippen LogP contribution in [0, 0.1) is 11.8 Å². The first-order valence-corrected chi connectivity index (χ1v) is 8.26. The van der Waals surface area contributed by atoms with Crippen molar-refractivity contribution in [2.75, 3.05) is 0 Å². The molecule has 0 radical (unpaired) electrons. The van der Waals surface area contributed by atoms with Crippen LogP contribution in [0.15, 0.2) is 36.0 Å². The van der Waals surface area contributed by atoms with Gasteiger partial charge in [-0.3, -0.25) is 9.59 Å². The maximum absolute atomic E-state index is 12.1. The highest BCUT2D eigenvalue weighted by atomic mass is 16.6. The Hall–Kier alpha value is -2.21. The predicted molar refractivity (Wildman–Crippen MR) is 90.4 cm³/mol. The van der Waals surface area contributed by atoms with Gasteiger partial charge in [0.2, 0.25) is 0 Å². The molecule has 1 fully saturated rings. The molecule has 6 heteroatoms. The molecular formula is C19H24O6. The minimum atomic E-state index is -1.40. The largest absolute Gasteiger partial charge is 0.461 e. The molecule has 2 aliphatic rings. The molecule has 0 aromatic carbocycles. The van der Waals surface area contributed by atoms with Crippen molar-refractivity contribution < 1.29 is 29.0 Å². The van der Waals surface area contributed by atoms with Gasteiger partial charge >= 0.3 is 11.9 Å². The molecular weight excluding hydrogens is 324 g/mol. The van der Waals surface area contributed by atoms with E-state index >= 15 is 0 Å². The summed E-state index contributed by atoms with van der Waals surface area (Å²) in [4.78, 5) is 36.2. The Balaban J connectivity index is 2.49. The summed E-state index contributed by atoms with van der Waals surface area (Å²) in [6.07, 6.45) is 2.64. The third kappa shape index (κ3) is 4.25. The number of hydrogen-bond acceptors (Lipinski definition) is 6. The van der Waals surface area contributed by atoms with Crippen molar-refractivity contribution in [1.29, 1.82) is 0 Å². The van der Waals surface area contributed by atoms with E-state index < -0.39 is 35.7 Å². The first-order chi connectivity index (χ1) is 11.5. The van der Waals surface area contributed by atoms with E-state index in [0.717, 1.165) is 0 Å². The van der Waals surface area contributed by atoms with E-state index in [4.69, 9.17) is 9.47 Å². The molecule has 2 rings (SSSR count). The molecule has 1 aliphatic carbocycles. The van der Waals surface area contributed by atoms with Crippen LogP contribution >= 0.6 is 0 Å². The van der Waals surface area contributed by atoms with Gasteiger partial charge in [0, 0.05) is 12.0 Å². The normalized spacial score (nSPS) is 36.3. The van der Waals surface area contributed by atoms with Gasteiger partial charge in [0.25, 0.3) is 0 Å². The standard InChI is InChI=1S/C19H24O6/c1-10(2)17(21)25-15-9-19(5,23)7-6-13(20)11(3)8-14-16(15)12(4)18(22)24-14/h6-8,10,14-16,23H,4,9H2,1-3,5H3/b7-6-,11-8+/t14-,15-,16+,19+/m1/s1. The van der Waals surface area contributed by atoms with E-state index in [1.165, 1.54) is 19.1 Å². The molecule has 0 bridgehead atoms. The van der Waals surface area contributed by atoms with Crippen LogP contribution in [0.4, 0.5) is 0 Å². The molecule has 0 aromatic heterocycles. The van der Waals surface area contributed by atoms with Crippen molar-refractivity contribution in [3.8, 4) is 0 Å². The molecule has 4 atom stereocenters. The number of allylic oxidation sites excluding steroid dienone is 2. The first kappa shape index (κ1) is 19.1.